The van der Waals surface area contributed by atoms with E-state index in [0.717, 1.165) is 47.3 Å². The summed E-state index contributed by atoms with van der Waals surface area (Å²) < 4.78 is 5.37. The third kappa shape index (κ3) is 3.07. The molecule has 4 nitrogen and oxygen atoms in total. The Hall–Kier alpha value is -2.75. The van der Waals surface area contributed by atoms with Crippen LogP contribution in [0.15, 0.2) is 36.4 Å². The van der Waals surface area contributed by atoms with Crippen LogP contribution in [0.2, 0.25) is 0 Å². The number of benzene rings is 2. The molecule has 4 heteroatoms. The molecule has 3 aromatic rings. The molecule has 0 spiro atoms. The maximum absolute atomic E-state index is 12.8. The van der Waals surface area contributed by atoms with Gasteiger partial charge in [-0.15, -0.1) is 0 Å². The second kappa shape index (κ2) is 6.52. The number of ether oxygens (including phenoxy) is 1. The van der Waals surface area contributed by atoms with E-state index in [9.17, 15) is 4.79 Å². The van der Waals surface area contributed by atoms with Gasteiger partial charge in [0.15, 0.2) is 0 Å². The Labute approximate surface area is 153 Å². The molecule has 26 heavy (non-hydrogen) atoms. The first-order valence-corrected chi connectivity index (χ1v) is 9.10. The van der Waals surface area contributed by atoms with Gasteiger partial charge in [-0.3, -0.25) is 4.79 Å². The Balaban J connectivity index is 1.58. The number of hydrogen-bond donors (Lipinski definition) is 2. The summed E-state index contributed by atoms with van der Waals surface area (Å²) in [4.78, 5) is 16.3. The van der Waals surface area contributed by atoms with Gasteiger partial charge in [0, 0.05) is 28.2 Å². The van der Waals surface area contributed by atoms with Crippen LogP contribution in [-0.2, 0) is 17.6 Å². The summed E-state index contributed by atoms with van der Waals surface area (Å²) in [6.45, 7) is 4.10. The van der Waals surface area contributed by atoms with E-state index in [0.29, 0.717) is 0 Å². The molecule has 0 saturated carbocycles. The highest BCUT2D eigenvalue weighted by atomic mass is 16.5. The van der Waals surface area contributed by atoms with Gasteiger partial charge in [0.2, 0.25) is 5.91 Å². The molecule has 1 aliphatic rings. The van der Waals surface area contributed by atoms with Crippen LogP contribution in [-0.4, -0.2) is 18.0 Å². The zero-order valence-electron chi connectivity index (χ0n) is 15.5. The average Bonchev–Trinajstić information content (AvgIpc) is 2.97. The highest BCUT2D eigenvalue weighted by molar-refractivity contribution is 5.94. The summed E-state index contributed by atoms with van der Waals surface area (Å²) in [5.74, 6) is 0.951. The number of carbonyl (C=O) groups excluding carboxylic acids is 1. The van der Waals surface area contributed by atoms with Crippen molar-refractivity contribution in [1.82, 2.24) is 4.98 Å². The van der Waals surface area contributed by atoms with E-state index in [1.54, 1.807) is 7.11 Å². The van der Waals surface area contributed by atoms with Crippen LogP contribution in [0.4, 0.5) is 5.69 Å². The number of carbonyl (C=O) groups is 1. The van der Waals surface area contributed by atoms with Crippen molar-refractivity contribution >= 4 is 22.5 Å². The fourth-order valence-electron chi connectivity index (χ4n) is 4.04. The first-order chi connectivity index (χ1) is 12.5. The van der Waals surface area contributed by atoms with Crippen molar-refractivity contribution in [3.63, 3.8) is 0 Å². The summed E-state index contributed by atoms with van der Waals surface area (Å²) in [6, 6.07) is 12.2. The van der Waals surface area contributed by atoms with Crippen molar-refractivity contribution in [1.29, 1.82) is 0 Å². The molecule has 0 fully saturated rings. The number of methoxy groups -OCH3 is 1. The van der Waals surface area contributed by atoms with E-state index in [4.69, 9.17) is 4.74 Å². The quantitative estimate of drug-likeness (QED) is 0.730. The predicted molar refractivity (Wildman–Crippen MR) is 105 cm³/mol. The number of hydrogen-bond acceptors (Lipinski definition) is 2. The van der Waals surface area contributed by atoms with Crippen molar-refractivity contribution in [2.45, 2.75) is 33.1 Å². The minimum atomic E-state index is -0.00600. The van der Waals surface area contributed by atoms with Crippen molar-refractivity contribution in [3.05, 3.63) is 58.8 Å². The summed E-state index contributed by atoms with van der Waals surface area (Å²) in [5.41, 5.74) is 6.84. The minimum absolute atomic E-state index is 0.00600. The van der Waals surface area contributed by atoms with E-state index in [1.165, 1.54) is 16.6 Å². The zero-order valence-corrected chi connectivity index (χ0v) is 15.5. The smallest absolute Gasteiger partial charge is 0.227 e. The SMILES string of the molecule is COc1ccc2[nH]c3c(c2c1)CC(C(=O)Nc1cc(C)cc(C)c1)CC3. The number of aromatic nitrogens is 1. The summed E-state index contributed by atoms with van der Waals surface area (Å²) in [5, 5.41) is 4.28. The van der Waals surface area contributed by atoms with Crippen molar-refractivity contribution in [2.75, 3.05) is 12.4 Å². The third-order valence-electron chi connectivity index (χ3n) is 5.26. The van der Waals surface area contributed by atoms with Gasteiger partial charge in [0.1, 0.15) is 5.75 Å². The molecule has 0 bridgehead atoms. The molecule has 1 atom stereocenters. The monoisotopic (exact) mass is 348 g/mol. The van der Waals surface area contributed by atoms with Crippen LogP contribution >= 0.6 is 0 Å². The van der Waals surface area contributed by atoms with Crippen molar-refractivity contribution < 1.29 is 9.53 Å². The van der Waals surface area contributed by atoms with Crippen LogP contribution < -0.4 is 10.1 Å². The maximum atomic E-state index is 12.8. The molecular formula is C22H24N2O2. The molecule has 0 aliphatic heterocycles. The Bertz CT molecular complexity index is 967. The first kappa shape index (κ1) is 16.7. The first-order valence-electron chi connectivity index (χ1n) is 9.10. The third-order valence-corrected chi connectivity index (χ3v) is 5.26. The van der Waals surface area contributed by atoms with Gasteiger partial charge in [0.25, 0.3) is 0 Å². The lowest BCUT2D eigenvalue weighted by atomic mass is 9.85. The molecule has 0 saturated heterocycles. The molecule has 1 aliphatic carbocycles. The fraction of sp³-hybridized carbons (Fsp3) is 0.318. The number of H-pyrrole nitrogens is 1. The number of amides is 1. The molecular weight excluding hydrogens is 324 g/mol. The van der Waals surface area contributed by atoms with Crippen LogP contribution in [0.1, 0.15) is 28.8 Å². The van der Waals surface area contributed by atoms with Gasteiger partial charge in [0.05, 0.1) is 7.11 Å². The molecule has 134 valence electrons. The van der Waals surface area contributed by atoms with Gasteiger partial charge in [-0.2, -0.15) is 0 Å². The average molecular weight is 348 g/mol. The van der Waals surface area contributed by atoms with Crippen LogP contribution in [0.5, 0.6) is 5.75 Å². The second-order valence-corrected chi connectivity index (χ2v) is 7.30. The van der Waals surface area contributed by atoms with Gasteiger partial charge in [-0.25, -0.2) is 0 Å². The van der Waals surface area contributed by atoms with E-state index in [1.807, 2.05) is 18.2 Å². The molecule has 0 radical (unpaired) electrons. The van der Waals surface area contributed by atoms with Crippen LogP contribution in [0, 0.1) is 19.8 Å². The summed E-state index contributed by atoms with van der Waals surface area (Å²) >= 11 is 0. The largest absolute Gasteiger partial charge is 0.497 e. The predicted octanol–water partition coefficient (Wildman–Crippen LogP) is 4.54. The Kier molecular flexibility index (Phi) is 4.19. The highest BCUT2D eigenvalue weighted by Gasteiger charge is 2.27. The molecule has 2 N–H and O–H groups in total. The lowest BCUT2D eigenvalue weighted by Gasteiger charge is -2.22. The standard InChI is InChI=1S/C22H24N2O2/c1-13-8-14(2)10-16(9-13)23-22(25)15-4-6-20-18(11-15)19-12-17(26-3)5-7-21(19)24-20/h5,7-10,12,15,24H,4,6,11H2,1-3H3,(H,23,25). The number of rotatable bonds is 3. The molecule has 1 heterocycles. The highest BCUT2D eigenvalue weighted by Crippen LogP contribution is 2.34. The number of aryl methyl sites for hydroxylation is 3. The Morgan fingerprint density at radius 2 is 1.92 bits per heavy atom. The van der Waals surface area contributed by atoms with E-state index in [2.05, 4.69) is 42.3 Å². The second-order valence-electron chi connectivity index (χ2n) is 7.30. The van der Waals surface area contributed by atoms with Gasteiger partial charge in [-0.05, 0) is 80.1 Å². The van der Waals surface area contributed by atoms with Crippen molar-refractivity contribution in [3.8, 4) is 5.75 Å². The number of nitrogens with one attached hydrogen (secondary N) is 2. The molecule has 1 unspecified atom stereocenters. The lowest BCUT2D eigenvalue weighted by molar-refractivity contribution is -0.120. The zero-order chi connectivity index (χ0) is 18.3. The van der Waals surface area contributed by atoms with Crippen LogP contribution in [0.25, 0.3) is 10.9 Å². The number of aromatic amines is 1. The molecule has 4 rings (SSSR count). The Morgan fingerprint density at radius 3 is 2.65 bits per heavy atom. The van der Waals surface area contributed by atoms with E-state index in [-0.39, 0.29) is 11.8 Å². The van der Waals surface area contributed by atoms with E-state index < -0.39 is 0 Å². The summed E-state index contributed by atoms with van der Waals surface area (Å²) in [7, 11) is 1.68. The molecule has 1 aromatic heterocycles. The van der Waals surface area contributed by atoms with Gasteiger partial charge >= 0.3 is 0 Å². The van der Waals surface area contributed by atoms with Gasteiger partial charge in [-0.1, -0.05) is 6.07 Å². The van der Waals surface area contributed by atoms with Crippen LogP contribution in [0.3, 0.4) is 0 Å². The normalized spacial score (nSPS) is 16.3. The number of fused-ring (bicyclic) bond motifs is 3. The summed E-state index contributed by atoms with van der Waals surface area (Å²) in [6.07, 6.45) is 2.53. The maximum Gasteiger partial charge on any atom is 0.227 e. The molecule has 2 aromatic carbocycles. The topological polar surface area (TPSA) is 54.1 Å². The van der Waals surface area contributed by atoms with Gasteiger partial charge < -0.3 is 15.0 Å². The fourth-order valence-corrected chi connectivity index (χ4v) is 4.04. The number of anilines is 1. The molecule has 1 amide bonds. The van der Waals surface area contributed by atoms with Crippen molar-refractivity contribution in [2.24, 2.45) is 5.92 Å². The lowest BCUT2D eigenvalue weighted by Crippen LogP contribution is -2.28. The van der Waals surface area contributed by atoms with E-state index >= 15 is 0 Å². The Morgan fingerprint density at radius 1 is 1.15 bits per heavy atom. The minimum Gasteiger partial charge on any atom is -0.497 e.